The number of rotatable bonds is 6. The van der Waals surface area contributed by atoms with Gasteiger partial charge in [0.2, 0.25) is 0 Å². The molecule has 152 valence electrons. The number of hydrogen-bond donors (Lipinski definition) is 2. The molecule has 2 unspecified atom stereocenters. The number of guanidine groups is 1. The van der Waals surface area contributed by atoms with Crippen molar-refractivity contribution in [3.63, 3.8) is 0 Å². The standard InChI is InChI=1S/C19H29F2N5.HI/c1-13(25(3)15-7-8-15)11-23-19(22-2)24-14-9-10-26(12-14)18-16(20)5-4-6-17(18)21;/h4-6,13-15H,7-12H2,1-3H3,(H2,22,23,24);1H. The highest BCUT2D eigenvalue weighted by Crippen LogP contribution is 2.27. The third-order valence-electron chi connectivity index (χ3n) is 5.39. The summed E-state index contributed by atoms with van der Waals surface area (Å²) in [6, 6.07) is 5.26. The van der Waals surface area contributed by atoms with Crippen molar-refractivity contribution in [2.45, 2.75) is 44.3 Å². The summed E-state index contributed by atoms with van der Waals surface area (Å²) in [6.07, 6.45) is 3.39. The zero-order valence-corrected chi connectivity index (χ0v) is 18.5. The fourth-order valence-corrected chi connectivity index (χ4v) is 3.49. The van der Waals surface area contributed by atoms with Gasteiger partial charge in [0.15, 0.2) is 5.96 Å². The highest BCUT2D eigenvalue weighted by atomic mass is 127. The van der Waals surface area contributed by atoms with Gasteiger partial charge < -0.3 is 15.5 Å². The van der Waals surface area contributed by atoms with Crippen LogP contribution in [0.15, 0.2) is 23.2 Å². The molecule has 2 N–H and O–H groups in total. The van der Waals surface area contributed by atoms with E-state index in [-0.39, 0.29) is 35.7 Å². The Hall–Kier alpha value is -1.16. The zero-order valence-electron chi connectivity index (χ0n) is 16.2. The van der Waals surface area contributed by atoms with Gasteiger partial charge >= 0.3 is 0 Å². The first-order valence-corrected chi connectivity index (χ1v) is 9.37. The van der Waals surface area contributed by atoms with Gasteiger partial charge in [-0.3, -0.25) is 9.89 Å². The molecular weight excluding hydrogens is 463 g/mol. The third-order valence-corrected chi connectivity index (χ3v) is 5.39. The van der Waals surface area contributed by atoms with Crippen molar-refractivity contribution in [3.8, 4) is 0 Å². The summed E-state index contributed by atoms with van der Waals surface area (Å²) in [5.74, 6) is -0.280. The Labute approximate surface area is 177 Å². The minimum atomic E-state index is -0.509. The van der Waals surface area contributed by atoms with Crippen molar-refractivity contribution in [2.24, 2.45) is 4.99 Å². The zero-order chi connectivity index (χ0) is 18.7. The fraction of sp³-hybridized carbons (Fsp3) is 0.632. The molecule has 27 heavy (non-hydrogen) atoms. The van der Waals surface area contributed by atoms with Gasteiger partial charge in [0.05, 0.1) is 0 Å². The lowest BCUT2D eigenvalue weighted by molar-refractivity contribution is 0.247. The van der Waals surface area contributed by atoms with Crippen LogP contribution in [0.5, 0.6) is 0 Å². The lowest BCUT2D eigenvalue weighted by Gasteiger charge is -2.26. The van der Waals surface area contributed by atoms with Gasteiger partial charge in [0, 0.05) is 44.8 Å². The summed E-state index contributed by atoms with van der Waals surface area (Å²) in [5.41, 5.74) is 0.0689. The van der Waals surface area contributed by atoms with Crippen LogP contribution in [0.2, 0.25) is 0 Å². The molecule has 1 heterocycles. The summed E-state index contributed by atoms with van der Waals surface area (Å²) in [6.45, 7) is 4.19. The van der Waals surface area contributed by atoms with Crippen molar-refractivity contribution in [2.75, 3.05) is 38.6 Å². The van der Waals surface area contributed by atoms with Gasteiger partial charge in [-0.05, 0) is 45.4 Å². The molecule has 1 aromatic rings. The van der Waals surface area contributed by atoms with E-state index in [1.54, 1.807) is 11.9 Å². The van der Waals surface area contributed by atoms with Crippen LogP contribution in [0, 0.1) is 11.6 Å². The molecule has 1 aliphatic heterocycles. The van der Waals surface area contributed by atoms with Crippen LogP contribution in [-0.4, -0.2) is 62.7 Å². The predicted octanol–water partition coefficient (Wildman–Crippen LogP) is 2.81. The molecular formula is C19H30F2IN5. The molecule has 3 rings (SSSR count). The lowest BCUT2D eigenvalue weighted by Crippen LogP contribution is -2.48. The first-order valence-electron chi connectivity index (χ1n) is 9.37. The molecule has 1 saturated carbocycles. The molecule has 0 spiro atoms. The molecule has 2 fully saturated rings. The summed E-state index contributed by atoms with van der Waals surface area (Å²) >= 11 is 0. The van der Waals surface area contributed by atoms with Gasteiger partial charge in [-0.25, -0.2) is 8.78 Å². The average Bonchev–Trinajstić information content (AvgIpc) is 3.37. The van der Waals surface area contributed by atoms with E-state index in [0.29, 0.717) is 19.1 Å². The van der Waals surface area contributed by atoms with Crippen LogP contribution in [0.4, 0.5) is 14.5 Å². The number of benzene rings is 1. The van der Waals surface area contributed by atoms with Crippen molar-refractivity contribution in [1.82, 2.24) is 15.5 Å². The topological polar surface area (TPSA) is 42.9 Å². The fourth-order valence-electron chi connectivity index (χ4n) is 3.49. The SMILES string of the molecule is CN=C(NCC(C)N(C)C1CC1)NC1CCN(c2c(F)cccc2F)C1.I. The average molecular weight is 493 g/mol. The molecule has 8 heteroatoms. The van der Waals surface area contributed by atoms with E-state index in [1.807, 2.05) is 0 Å². The Bertz CT molecular complexity index is 633. The summed E-state index contributed by atoms with van der Waals surface area (Å²) < 4.78 is 27.9. The van der Waals surface area contributed by atoms with Gasteiger partial charge in [-0.1, -0.05) is 6.07 Å². The summed E-state index contributed by atoms with van der Waals surface area (Å²) in [7, 11) is 3.91. The molecule has 2 atom stereocenters. The van der Waals surface area contributed by atoms with Crippen LogP contribution >= 0.6 is 24.0 Å². The molecule has 1 aromatic carbocycles. The quantitative estimate of drug-likeness (QED) is 0.364. The molecule has 1 aliphatic carbocycles. The molecule has 0 aromatic heterocycles. The Morgan fingerprint density at radius 3 is 2.56 bits per heavy atom. The van der Waals surface area contributed by atoms with E-state index >= 15 is 0 Å². The largest absolute Gasteiger partial charge is 0.365 e. The molecule has 2 aliphatic rings. The first kappa shape index (κ1) is 22.1. The maximum absolute atomic E-state index is 14.0. The summed E-state index contributed by atoms with van der Waals surface area (Å²) in [4.78, 5) is 8.45. The van der Waals surface area contributed by atoms with Crippen molar-refractivity contribution < 1.29 is 8.78 Å². The molecule has 0 radical (unpaired) electrons. The molecule has 5 nitrogen and oxygen atoms in total. The number of likely N-dealkylation sites (N-methyl/N-ethyl adjacent to an activating group) is 1. The van der Waals surface area contributed by atoms with Crippen LogP contribution < -0.4 is 15.5 Å². The van der Waals surface area contributed by atoms with Crippen LogP contribution in [0.25, 0.3) is 0 Å². The third kappa shape index (κ3) is 5.66. The van der Waals surface area contributed by atoms with Gasteiger partial charge in [0.1, 0.15) is 17.3 Å². The minimum absolute atomic E-state index is 0. The number of hydrogen-bond acceptors (Lipinski definition) is 3. The number of halogens is 3. The van der Waals surface area contributed by atoms with E-state index in [4.69, 9.17) is 0 Å². The van der Waals surface area contributed by atoms with E-state index in [9.17, 15) is 8.78 Å². The van der Waals surface area contributed by atoms with Gasteiger partial charge in [-0.15, -0.1) is 24.0 Å². The highest BCUT2D eigenvalue weighted by Gasteiger charge is 2.30. The summed E-state index contributed by atoms with van der Waals surface area (Å²) in [5, 5.41) is 6.74. The molecule has 1 saturated heterocycles. The Balaban J connectivity index is 0.00000261. The second-order valence-electron chi connectivity index (χ2n) is 7.34. The number of aliphatic imine (C=N–C) groups is 1. The number of anilines is 1. The normalized spacial score (nSPS) is 21.2. The second-order valence-corrected chi connectivity index (χ2v) is 7.34. The number of para-hydroxylation sites is 1. The monoisotopic (exact) mass is 493 g/mol. The molecule has 0 bridgehead atoms. The first-order chi connectivity index (χ1) is 12.5. The number of nitrogens with one attached hydrogen (secondary N) is 2. The Morgan fingerprint density at radius 2 is 1.96 bits per heavy atom. The van der Waals surface area contributed by atoms with Crippen LogP contribution in [0.1, 0.15) is 26.2 Å². The van der Waals surface area contributed by atoms with Crippen molar-refractivity contribution in [3.05, 3.63) is 29.8 Å². The Morgan fingerprint density at radius 1 is 1.30 bits per heavy atom. The minimum Gasteiger partial charge on any atom is -0.365 e. The van der Waals surface area contributed by atoms with E-state index < -0.39 is 11.6 Å². The van der Waals surface area contributed by atoms with Crippen LogP contribution in [0.3, 0.4) is 0 Å². The Kier molecular flexibility index (Phi) is 8.08. The van der Waals surface area contributed by atoms with E-state index in [1.165, 1.54) is 31.0 Å². The highest BCUT2D eigenvalue weighted by molar-refractivity contribution is 14.0. The predicted molar refractivity (Wildman–Crippen MR) is 117 cm³/mol. The van der Waals surface area contributed by atoms with Crippen LogP contribution in [-0.2, 0) is 0 Å². The maximum atomic E-state index is 14.0. The lowest BCUT2D eigenvalue weighted by atomic mass is 10.2. The van der Waals surface area contributed by atoms with Gasteiger partial charge in [0.25, 0.3) is 0 Å². The maximum Gasteiger partial charge on any atom is 0.191 e. The van der Waals surface area contributed by atoms with E-state index in [0.717, 1.165) is 25.0 Å². The second kappa shape index (κ2) is 9.86. The number of nitrogens with zero attached hydrogens (tertiary/aromatic N) is 3. The smallest absolute Gasteiger partial charge is 0.191 e. The van der Waals surface area contributed by atoms with Gasteiger partial charge in [-0.2, -0.15) is 0 Å². The van der Waals surface area contributed by atoms with Crippen molar-refractivity contribution >= 4 is 35.6 Å². The molecule has 0 amide bonds. The van der Waals surface area contributed by atoms with E-state index in [2.05, 4.69) is 34.5 Å². The van der Waals surface area contributed by atoms with Crippen molar-refractivity contribution in [1.29, 1.82) is 0 Å².